The maximum absolute atomic E-state index is 14.2. The molecule has 0 bridgehead atoms. The third-order valence-corrected chi connectivity index (χ3v) is 5.55. The van der Waals surface area contributed by atoms with Crippen molar-refractivity contribution in [3.63, 3.8) is 0 Å². The van der Waals surface area contributed by atoms with Gasteiger partial charge in [0.2, 0.25) is 0 Å². The van der Waals surface area contributed by atoms with Crippen LogP contribution in [0.1, 0.15) is 67.3 Å². The van der Waals surface area contributed by atoms with Crippen LogP contribution in [0.4, 0.5) is 13.2 Å². The highest BCUT2D eigenvalue weighted by Crippen LogP contribution is 2.38. The van der Waals surface area contributed by atoms with Crippen molar-refractivity contribution < 1.29 is 18.0 Å². The molecule has 26 heavy (non-hydrogen) atoms. The number of hydrogen-bond acceptors (Lipinski definition) is 1. The summed E-state index contributed by atoms with van der Waals surface area (Å²) in [6.45, 7) is 2.22. The molecule has 4 heteroatoms. The van der Waals surface area contributed by atoms with Crippen LogP contribution in [0.3, 0.4) is 0 Å². The zero-order valence-corrected chi connectivity index (χ0v) is 14.9. The molecule has 1 nitrogen and oxygen atoms in total. The number of rotatable bonds is 5. The van der Waals surface area contributed by atoms with Crippen LogP contribution in [0.15, 0.2) is 30.3 Å². The lowest BCUT2D eigenvalue weighted by molar-refractivity contribution is 0.111. The lowest BCUT2D eigenvalue weighted by atomic mass is 9.77. The molecular weight excluding hydrogens is 337 g/mol. The Morgan fingerprint density at radius 3 is 2.23 bits per heavy atom. The molecule has 0 aliphatic heterocycles. The Hall–Kier alpha value is -2.10. The van der Waals surface area contributed by atoms with Crippen molar-refractivity contribution in [1.82, 2.24) is 0 Å². The van der Waals surface area contributed by atoms with Gasteiger partial charge in [0.1, 0.15) is 5.82 Å². The summed E-state index contributed by atoms with van der Waals surface area (Å²) in [5, 5.41) is 0. The second-order valence-corrected chi connectivity index (χ2v) is 7.19. The molecule has 0 aromatic heterocycles. The highest BCUT2D eigenvalue weighted by atomic mass is 19.2. The summed E-state index contributed by atoms with van der Waals surface area (Å²) in [5.74, 6) is -2.36. The molecule has 2 aromatic rings. The van der Waals surface area contributed by atoms with E-state index in [1.165, 1.54) is 31.2 Å². The van der Waals surface area contributed by atoms with Gasteiger partial charge in [0.15, 0.2) is 17.9 Å². The average molecular weight is 360 g/mol. The molecule has 0 N–H and O–H groups in total. The van der Waals surface area contributed by atoms with Crippen molar-refractivity contribution in [3.8, 4) is 11.1 Å². The van der Waals surface area contributed by atoms with Gasteiger partial charge in [-0.15, -0.1) is 0 Å². The van der Waals surface area contributed by atoms with Crippen molar-refractivity contribution in [2.75, 3.05) is 0 Å². The summed E-state index contributed by atoms with van der Waals surface area (Å²) in [5.41, 5.74) is 0.561. The van der Waals surface area contributed by atoms with Crippen LogP contribution in [0.2, 0.25) is 0 Å². The summed E-state index contributed by atoms with van der Waals surface area (Å²) < 4.78 is 41.8. The van der Waals surface area contributed by atoms with Crippen LogP contribution < -0.4 is 0 Å². The van der Waals surface area contributed by atoms with Crippen molar-refractivity contribution >= 4 is 6.29 Å². The number of halogens is 3. The Bertz CT molecular complexity index is 775. The van der Waals surface area contributed by atoms with Crippen LogP contribution in [-0.4, -0.2) is 6.29 Å². The van der Waals surface area contributed by atoms with Gasteiger partial charge in [-0.05, 0) is 54.7 Å². The van der Waals surface area contributed by atoms with E-state index in [4.69, 9.17) is 0 Å². The van der Waals surface area contributed by atoms with Crippen molar-refractivity contribution in [3.05, 3.63) is 58.9 Å². The highest BCUT2D eigenvalue weighted by molar-refractivity contribution is 5.78. The van der Waals surface area contributed by atoms with Gasteiger partial charge in [-0.25, -0.2) is 13.2 Å². The van der Waals surface area contributed by atoms with E-state index in [2.05, 4.69) is 6.92 Å². The number of aldehydes is 1. The summed E-state index contributed by atoms with van der Waals surface area (Å²) in [7, 11) is 0. The average Bonchev–Trinajstić information content (AvgIpc) is 2.66. The normalized spacial score (nSPS) is 20.2. The van der Waals surface area contributed by atoms with E-state index >= 15 is 0 Å². The summed E-state index contributed by atoms with van der Waals surface area (Å²) in [4.78, 5) is 10.7. The van der Waals surface area contributed by atoms with Crippen molar-refractivity contribution in [1.29, 1.82) is 0 Å². The first-order valence-corrected chi connectivity index (χ1v) is 9.28. The van der Waals surface area contributed by atoms with E-state index in [-0.39, 0.29) is 11.8 Å². The third kappa shape index (κ3) is 3.69. The van der Waals surface area contributed by atoms with Gasteiger partial charge < -0.3 is 0 Å². The topological polar surface area (TPSA) is 17.1 Å². The molecule has 1 saturated carbocycles. The van der Waals surface area contributed by atoms with E-state index in [9.17, 15) is 18.0 Å². The first kappa shape index (κ1) is 18.7. The van der Waals surface area contributed by atoms with Crippen LogP contribution in [-0.2, 0) is 0 Å². The number of benzene rings is 2. The van der Waals surface area contributed by atoms with Crippen LogP contribution in [0.25, 0.3) is 11.1 Å². The lowest BCUT2D eigenvalue weighted by Gasteiger charge is -2.28. The molecule has 0 unspecified atom stereocenters. The summed E-state index contributed by atoms with van der Waals surface area (Å²) in [6.07, 6.45) is 7.28. The smallest absolute Gasteiger partial charge is 0.172 e. The maximum atomic E-state index is 14.2. The fourth-order valence-electron chi connectivity index (χ4n) is 4.05. The van der Waals surface area contributed by atoms with E-state index in [1.807, 2.05) is 12.1 Å². The Morgan fingerprint density at radius 1 is 1.00 bits per heavy atom. The zero-order valence-electron chi connectivity index (χ0n) is 14.9. The van der Waals surface area contributed by atoms with Gasteiger partial charge in [0.05, 0.1) is 5.56 Å². The standard InChI is InChI=1S/C22H23F3O/c1-2-3-14-4-6-15(7-5-14)16-8-10-17(11-9-16)18-12-20(23)19(13-26)22(25)21(18)24/h8-15H,2-7H2,1H3. The lowest BCUT2D eigenvalue weighted by Crippen LogP contribution is -2.13. The fourth-order valence-corrected chi connectivity index (χ4v) is 4.05. The molecule has 0 spiro atoms. The SMILES string of the molecule is CCCC1CCC(c2ccc(-c3cc(F)c(C=O)c(F)c3F)cc2)CC1. The Balaban J connectivity index is 1.80. The van der Waals surface area contributed by atoms with E-state index < -0.39 is 23.0 Å². The summed E-state index contributed by atoms with van der Waals surface area (Å²) >= 11 is 0. The number of carbonyl (C=O) groups excluding carboxylic acids is 1. The molecule has 1 aliphatic carbocycles. The molecule has 0 radical (unpaired) electrons. The van der Waals surface area contributed by atoms with E-state index in [0.717, 1.165) is 24.8 Å². The third-order valence-electron chi connectivity index (χ3n) is 5.55. The molecule has 1 aliphatic rings. The van der Waals surface area contributed by atoms with Gasteiger partial charge in [-0.3, -0.25) is 4.79 Å². The molecule has 0 heterocycles. The zero-order chi connectivity index (χ0) is 18.7. The summed E-state index contributed by atoms with van der Waals surface area (Å²) in [6, 6.07) is 8.12. The van der Waals surface area contributed by atoms with Crippen LogP contribution in [0, 0.1) is 23.4 Å². The Morgan fingerprint density at radius 2 is 1.65 bits per heavy atom. The molecule has 0 saturated heterocycles. The predicted octanol–water partition coefficient (Wildman–Crippen LogP) is 6.66. The predicted molar refractivity (Wildman–Crippen MR) is 96.7 cm³/mol. The minimum atomic E-state index is -1.44. The first-order valence-electron chi connectivity index (χ1n) is 9.28. The van der Waals surface area contributed by atoms with Gasteiger partial charge in [0.25, 0.3) is 0 Å². The monoisotopic (exact) mass is 360 g/mol. The van der Waals surface area contributed by atoms with Gasteiger partial charge in [0, 0.05) is 5.56 Å². The van der Waals surface area contributed by atoms with Crippen LogP contribution >= 0.6 is 0 Å². The molecule has 2 aromatic carbocycles. The minimum Gasteiger partial charge on any atom is -0.298 e. The van der Waals surface area contributed by atoms with E-state index in [1.54, 1.807) is 12.1 Å². The van der Waals surface area contributed by atoms with Gasteiger partial charge in [-0.2, -0.15) is 0 Å². The second kappa shape index (κ2) is 8.07. The molecule has 3 rings (SSSR count). The first-order chi connectivity index (χ1) is 12.5. The second-order valence-electron chi connectivity index (χ2n) is 7.19. The highest BCUT2D eigenvalue weighted by Gasteiger charge is 2.23. The maximum Gasteiger partial charge on any atom is 0.172 e. The Labute approximate surface area is 152 Å². The molecule has 0 atom stereocenters. The number of carbonyl (C=O) groups is 1. The molecular formula is C22H23F3O. The molecule has 0 amide bonds. The minimum absolute atomic E-state index is 0.00446. The number of hydrogen-bond donors (Lipinski definition) is 0. The largest absolute Gasteiger partial charge is 0.298 e. The Kier molecular flexibility index (Phi) is 5.80. The van der Waals surface area contributed by atoms with Crippen molar-refractivity contribution in [2.45, 2.75) is 51.4 Å². The van der Waals surface area contributed by atoms with Crippen LogP contribution in [0.5, 0.6) is 0 Å². The van der Waals surface area contributed by atoms with E-state index in [0.29, 0.717) is 11.5 Å². The quantitative estimate of drug-likeness (QED) is 0.430. The van der Waals surface area contributed by atoms with Gasteiger partial charge in [-0.1, -0.05) is 44.0 Å². The van der Waals surface area contributed by atoms with Gasteiger partial charge >= 0.3 is 0 Å². The fraction of sp³-hybridized carbons (Fsp3) is 0.409. The molecule has 1 fully saturated rings. The molecule has 138 valence electrons. The van der Waals surface area contributed by atoms with Crippen molar-refractivity contribution in [2.24, 2.45) is 5.92 Å².